The van der Waals surface area contributed by atoms with Crippen molar-refractivity contribution in [3.8, 4) is 11.4 Å². The fourth-order valence-corrected chi connectivity index (χ4v) is 2.10. The number of hydrogen-bond donors (Lipinski definition) is 2. The van der Waals surface area contributed by atoms with Gasteiger partial charge in [-0.1, -0.05) is 26.0 Å². The Morgan fingerprint density at radius 3 is 2.75 bits per heavy atom. The Morgan fingerprint density at radius 1 is 1.25 bits per heavy atom. The van der Waals surface area contributed by atoms with Crippen LogP contribution in [0.1, 0.15) is 25.5 Å². The van der Waals surface area contributed by atoms with Crippen LogP contribution in [0.4, 0.5) is 4.39 Å². The Bertz CT molecular complexity index is 835. The van der Waals surface area contributed by atoms with E-state index in [1.165, 1.54) is 12.1 Å². The van der Waals surface area contributed by atoms with Crippen molar-refractivity contribution in [1.29, 1.82) is 0 Å². The molecule has 0 unspecified atom stereocenters. The summed E-state index contributed by atoms with van der Waals surface area (Å²) in [5.41, 5.74) is 1.79. The van der Waals surface area contributed by atoms with Crippen molar-refractivity contribution < 1.29 is 4.39 Å². The lowest BCUT2D eigenvalue weighted by molar-refractivity contribution is 0.628. The number of nitrogens with one attached hydrogen (secondary N) is 2. The average Bonchev–Trinajstić information content (AvgIpc) is 2.83. The van der Waals surface area contributed by atoms with E-state index in [2.05, 4.69) is 20.2 Å². The molecule has 0 saturated heterocycles. The molecule has 20 heavy (non-hydrogen) atoms. The molecule has 2 N–H and O–H groups in total. The summed E-state index contributed by atoms with van der Waals surface area (Å²) in [4.78, 5) is 19.1. The molecule has 5 nitrogen and oxygen atoms in total. The van der Waals surface area contributed by atoms with Crippen molar-refractivity contribution >= 4 is 11.0 Å². The van der Waals surface area contributed by atoms with Crippen LogP contribution in [-0.2, 0) is 0 Å². The summed E-state index contributed by atoms with van der Waals surface area (Å²) in [5, 5.41) is 6.82. The Labute approximate surface area is 113 Å². The molecule has 2 heterocycles. The lowest BCUT2D eigenvalue weighted by Crippen LogP contribution is -2.09. The molecule has 1 aromatic carbocycles. The molecule has 0 spiro atoms. The second kappa shape index (κ2) is 4.56. The maximum absolute atomic E-state index is 13.3. The van der Waals surface area contributed by atoms with Crippen molar-refractivity contribution in [1.82, 2.24) is 20.2 Å². The third kappa shape index (κ3) is 1.99. The zero-order chi connectivity index (χ0) is 14.3. The number of H-pyrrole nitrogens is 2. The maximum Gasteiger partial charge on any atom is 0.279 e. The summed E-state index contributed by atoms with van der Waals surface area (Å²) in [6, 6.07) is 5.95. The zero-order valence-corrected chi connectivity index (χ0v) is 11.1. The average molecular weight is 272 g/mol. The minimum atomic E-state index is -0.374. The van der Waals surface area contributed by atoms with Gasteiger partial charge in [-0.15, -0.1) is 0 Å². The van der Waals surface area contributed by atoms with Gasteiger partial charge < -0.3 is 4.98 Å². The number of aromatic nitrogens is 4. The van der Waals surface area contributed by atoms with E-state index < -0.39 is 0 Å². The van der Waals surface area contributed by atoms with E-state index in [0.717, 1.165) is 5.69 Å². The second-order valence-corrected chi connectivity index (χ2v) is 4.91. The minimum Gasteiger partial charge on any atom is -0.305 e. The molecular weight excluding hydrogens is 259 g/mol. The van der Waals surface area contributed by atoms with Crippen LogP contribution in [-0.4, -0.2) is 20.2 Å². The molecule has 0 aliphatic carbocycles. The quantitative estimate of drug-likeness (QED) is 0.753. The number of benzene rings is 1. The van der Waals surface area contributed by atoms with Gasteiger partial charge in [-0.25, -0.2) is 9.37 Å². The fraction of sp³-hybridized carbons (Fsp3) is 0.214. The highest BCUT2D eigenvalue weighted by molar-refractivity contribution is 5.78. The van der Waals surface area contributed by atoms with E-state index in [9.17, 15) is 9.18 Å². The number of nitrogens with zero attached hydrogens (tertiary/aromatic N) is 2. The van der Waals surface area contributed by atoms with Crippen molar-refractivity contribution in [2.24, 2.45) is 0 Å². The molecule has 0 amide bonds. The minimum absolute atomic E-state index is 0.162. The number of hydrogen-bond acceptors (Lipinski definition) is 3. The summed E-state index contributed by atoms with van der Waals surface area (Å²) in [6.07, 6.45) is 0. The van der Waals surface area contributed by atoms with E-state index in [1.807, 2.05) is 13.8 Å². The number of halogens is 1. The third-order valence-corrected chi connectivity index (χ3v) is 3.11. The van der Waals surface area contributed by atoms with Crippen molar-refractivity contribution in [3.05, 3.63) is 46.1 Å². The van der Waals surface area contributed by atoms with Crippen LogP contribution in [0.2, 0.25) is 0 Å². The van der Waals surface area contributed by atoms with Gasteiger partial charge >= 0.3 is 0 Å². The highest BCUT2D eigenvalue weighted by Crippen LogP contribution is 2.21. The van der Waals surface area contributed by atoms with Crippen LogP contribution >= 0.6 is 0 Å². The molecule has 0 bridgehead atoms. The van der Waals surface area contributed by atoms with Crippen LogP contribution < -0.4 is 5.56 Å². The molecule has 0 fully saturated rings. The molecule has 0 aliphatic heterocycles. The number of aromatic amines is 2. The predicted octanol–water partition coefficient (Wildman–Crippen LogP) is 2.58. The first-order valence-corrected chi connectivity index (χ1v) is 6.30. The fourth-order valence-electron chi connectivity index (χ4n) is 2.10. The van der Waals surface area contributed by atoms with Crippen LogP contribution in [0.3, 0.4) is 0 Å². The van der Waals surface area contributed by atoms with Crippen molar-refractivity contribution in [2.45, 2.75) is 19.8 Å². The molecule has 3 aromatic rings. The summed E-state index contributed by atoms with van der Waals surface area (Å²) in [7, 11) is 0. The van der Waals surface area contributed by atoms with E-state index in [1.54, 1.807) is 12.1 Å². The van der Waals surface area contributed by atoms with Gasteiger partial charge in [-0.3, -0.25) is 9.89 Å². The van der Waals surface area contributed by atoms with Crippen LogP contribution in [0.15, 0.2) is 29.1 Å². The standard InChI is InChI=1S/C14H13FN4O/c1-7(2)10-11-12(19-18-10)14(20)17-13(16-11)8-4-3-5-9(15)6-8/h3-7H,1-2H3,(H,18,19)(H,16,17,20). The summed E-state index contributed by atoms with van der Waals surface area (Å²) >= 11 is 0. The zero-order valence-electron chi connectivity index (χ0n) is 11.1. The first-order chi connectivity index (χ1) is 9.56. The van der Waals surface area contributed by atoms with E-state index in [4.69, 9.17) is 0 Å². The highest BCUT2D eigenvalue weighted by Gasteiger charge is 2.15. The topological polar surface area (TPSA) is 74.4 Å². The SMILES string of the molecule is CC(C)c1[nH]nc2c(=O)[nH]c(-c3cccc(F)c3)nc12. The van der Waals surface area contributed by atoms with Crippen molar-refractivity contribution in [2.75, 3.05) is 0 Å². The van der Waals surface area contributed by atoms with E-state index in [0.29, 0.717) is 16.9 Å². The van der Waals surface area contributed by atoms with Gasteiger partial charge in [0.25, 0.3) is 5.56 Å². The normalized spacial score (nSPS) is 11.4. The Hall–Kier alpha value is -2.50. The number of fused-ring (bicyclic) bond motifs is 1. The van der Waals surface area contributed by atoms with Gasteiger partial charge in [0.1, 0.15) is 17.2 Å². The van der Waals surface area contributed by atoms with Gasteiger partial charge in [0.15, 0.2) is 5.52 Å². The van der Waals surface area contributed by atoms with E-state index in [-0.39, 0.29) is 22.8 Å². The predicted molar refractivity (Wildman–Crippen MR) is 74.0 cm³/mol. The lowest BCUT2D eigenvalue weighted by atomic mass is 10.1. The lowest BCUT2D eigenvalue weighted by Gasteiger charge is -2.03. The smallest absolute Gasteiger partial charge is 0.279 e. The molecule has 0 radical (unpaired) electrons. The Kier molecular flexibility index (Phi) is 2.85. The van der Waals surface area contributed by atoms with Crippen LogP contribution in [0.25, 0.3) is 22.4 Å². The molecule has 102 valence electrons. The molecule has 0 aliphatic rings. The van der Waals surface area contributed by atoms with Crippen molar-refractivity contribution in [3.63, 3.8) is 0 Å². The third-order valence-electron chi connectivity index (χ3n) is 3.11. The maximum atomic E-state index is 13.3. The second-order valence-electron chi connectivity index (χ2n) is 4.91. The summed E-state index contributed by atoms with van der Waals surface area (Å²) < 4.78 is 13.3. The summed E-state index contributed by atoms with van der Waals surface area (Å²) in [5.74, 6) is 0.126. The highest BCUT2D eigenvalue weighted by atomic mass is 19.1. The van der Waals surface area contributed by atoms with Gasteiger partial charge in [0, 0.05) is 5.56 Å². The first kappa shape index (κ1) is 12.5. The first-order valence-electron chi connectivity index (χ1n) is 6.30. The molecule has 2 aromatic heterocycles. The molecule has 0 atom stereocenters. The van der Waals surface area contributed by atoms with Gasteiger partial charge in [0.05, 0.1) is 5.69 Å². The largest absolute Gasteiger partial charge is 0.305 e. The molecule has 3 rings (SSSR count). The van der Waals surface area contributed by atoms with Crippen LogP contribution in [0.5, 0.6) is 0 Å². The Balaban J connectivity index is 2.28. The van der Waals surface area contributed by atoms with Gasteiger partial charge in [-0.05, 0) is 18.1 Å². The van der Waals surface area contributed by atoms with Gasteiger partial charge in [0.2, 0.25) is 0 Å². The van der Waals surface area contributed by atoms with Crippen LogP contribution in [0, 0.1) is 5.82 Å². The molecule has 6 heteroatoms. The number of rotatable bonds is 2. The summed E-state index contributed by atoms with van der Waals surface area (Å²) in [6.45, 7) is 3.97. The Morgan fingerprint density at radius 2 is 2.05 bits per heavy atom. The molecule has 0 saturated carbocycles. The molecular formula is C14H13FN4O. The monoisotopic (exact) mass is 272 g/mol. The van der Waals surface area contributed by atoms with E-state index >= 15 is 0 Å². The van der Waals surface area contributed by atoms with Gasteiger partial charge in [-0.2, -0.15) is 5.10 Å².